The summed E-state index contributed by atoms with van der Waals surface area (Å²) in [5.41, 5.74) is 5.26. The highest BCUT2D eigenvalue weighted by Crippen LogP contribution is 2.07. The zero-order valence-corrected chi connectivity index (χ0v) is 13.7. The standard InChI is InChI=1S/C13H23N3O6S/c1-8(17)15-6-7-23-13(22)10(18)4-5-16-11(19)3-2-9(14)12(20)21/h9-10,18H,2-7,14H2,1H3,(H,15,17)(H,16,19)(H,20,21)/t9-,10-/m0/s1. The number of carbonyl (C=O) groups is 4. The number of carbonyl (C=O) groups excluding carboxylic acids is 3. The molecule has 2 amide bonds. The molecule has 0 rings (SSSR count). The monoisotopic (exact) mass is 349 g/mol. The normalized spacial score (nSPS) is 13.0. The van der Waals surface area contributed by atoms with E-state index in [1.54, 1.807) is 0 Å². The third kappa shape index (κ3) is 11.6. The summed E-state index contributed by atoms with van der Waals surface area (Å²) in [4.78, 5) is 44.1. The molecule has 0 aromatic carbocycles. The van der Waals surface area contributed by atoms with Crippen LogP contribution < -0.4 is 16.4 Å². The Morgan fingerprint density at radius 2 is 1.78 bits per heavy atom. The van der Waals surface area contributed by atoms with Crippen LogP contribution in [0.3, 0.4) is 0 Å². The third-order valence-corrected chi connectivity index (χ3v) is 3.70. The van der Waals surface area contributed by atoms with Crippen LogP contribution in [0.25, 0.3) is 0 Å². The molecule has 132 valence electrons. The molecule has 0 saturated heterocycles. The lowest BCUT2D eigenvalue weighted by Crippen LogP contribution is -2.34. The van der Waals surface area contributed by atoms with Crippen LogP contribution in [0, 0.1) is 0 Å². The van der Waals surface area contributed by atoms with E-state index < -0.39 is 23.2 Å². The van der Waals surface area contributed by atoms with Crippen molar-refractivity contribution in [3.05, 3.63) is 0 Å². The average Bonchev–Trinajstić information content (AvgIpc) is 2.48. The first-order valence-electron chi connectivity index (χ1n) is 7.08. The van der Waals surface area contributed by atoms with Crippen molar-refractivity contribution in [1.29, 1.82) is 0 Å². The van der Waals surface area contributed by atoms with Crippen molar-refractivity contribution in [2.24, 2.45) is 5.73 Å². The molecule has 0 bridgehead atoms. The Kier molecular flexibility index (Phi) is 11.0. The summed E-state index contributed by atoms with van der Waals surface area (Å²) in [6.07, 6.45) is -1.17. The molecule has 0 heterocycles. The molecule has 0 aromatic rings. The molecular formula is C13H23N3O6S. The number of carboxylic acid groups (broad SMARTS) is 1. The third-order valence-electron chi connectivity index (χ3n) is 2.73. The summed E-state index contributed by atoms with van der Waals surface area (Å²) < 4.78 is 0. The smallest absolute Gasteiger partial charge is 0.320 e. The maximum atomic E-state index is 11.6. The van der Waals surface area contributed by atoms with Gasteiger partial charge in [-0.15, -0.1) is 0 Å². The Morgan fingerprint density at radius 3 is 2.35 bits per heavy atom. The minimum Gasteiger partial charge on any atom is -0.480 e. The fraction of sp³-hybridized carbons (Fsp3) is 0.692. The van der Waals surface area contributed by atoms with Crippen molar-refractivity contribution in [2.45, 2.75) is 38.3 Å². The van der Waals surface area contributed by atoms with Crippen molar-refractivity contribution in [3.8, 4) is 0 Å². The number of hydrogen-bond acceptors (Lipinski definition) is 7. The number of aliphatic hydroxyl groups is 1. The summed E-state index contributed by atoms with van der Waals surface area (Å²) in [7, 11) is 0. The van der Waals surface area contributed by atoms with E-state index in [1.165, 1.54) is 6.92 Å². The second-order valence-corrected chi connectivity index (χ2v) is 5.89. The zero-order valence-electron chi connectivity index (χ0n) is 12.9. The van der Waals surface area contributed by atoms with E-state index in [0.717, 1.165) is 11.8 Å². The van der Waals surface area contributed by atoms with Gasteiger partial charge >= 0.3 is 5.97 Å². The molecular weight excluding hydrogens is 326 g/mol. The predicted octanol–water partition coefficient (Wildman–Crippen LogP) is -1.56. The predicted molar refractivity (Wildman–Crippen MR) is 84.6 cm³/mol. The topological polar surface area (TPSA) is 159 Å². The summed E-state index contributed by atoms with van der Waals surface area (Å²) >= 11 is 0.905. The molecule has 0 saturated carbocycles. The van der Waals surface area contributed by atoms with E-state index in [4.69, 9.17) is 10.8 Å². The first-order valence-corrected chi connectivity index (χ1v) is 8.06. The van der Waals surface area contributed by atoms with Crippen molar-refractivity contribution in [3.63, 3.8) is 0 Å². The highest BCUT2D eigenvalue weighted by atomic mass is 32.2. The second-order valence-electron chi connectivity index (χ2n) is 4.79. The van der Waals surface area contributed by atoms with E-state index in [1.807, 2.05) is 0 Å². The maximum Gasteiger partial charge on any atom is 0.320 e. The average molecular weight is 349 g/mol. The first kappa shape index (κ1) is 21.4. The second kappa shape index (κ2) is 11.9. The fourth-order valence-electron chi connectivity index (χ4n) is 1.44. The Hall–Kier alpha value is -1.65. The van der Waals surface area contributed by atoms with Gasteiger partial charge in [0.25, 0.3) is 0 Å². The molecule has 0 aromatic heterocycles. The van der Waals surface area contributed by atoms with E-state index in [0.29, 0.717) is 12.3 Å². The lowest BCUT2D eigenvalue weighted by atomic mass is 10.1. The Labute approximate surface area is 138 Å². The number of aliphatic carboxylic acids is 1. The highest BCUT2D eigenvalue weighted by Gasteiger charge is 2.16. The molecule has 0 aliphatic heterocycles. The van der Waals surface area contributed by atoms with Crippen LogP contribution in [0.1, 0.15) is 26.2 Å². The number of hydrogen-bond donors (Lipinski definition) is 5. The molecule has 10 heteroatoms. The quantitative estimate of drug-likeness (QED) is 0.280. The molecule has 2 atom stereocenters. The molecule has 0 fully saturated rings. The number of rotatable bonds is 11. The van der Waals surface area contributed by atoms with Crippen molar-refractivity contribution >= 4 is 34.7 Å². The van der Waals surface area contributed by atoms with Crippen LogP contribution >= 0.6 is 11.8 Å². The number of nitrogens with two attached hydrogens (primary N) is 1. The van der Waals surface area contributed by atoms with Gasteiger partial charge in [-0.25, -0.2) is 0 Å². The van der Waals surface area contributed by atoms with E-state index >= 15 is 0 Å². The molecule has 0 spiro atoms. The van der Waals surface area contributed by atoms with Crippen LogP contribution in [0.2, 0.25) is 0 Å². The van der Waals surface area contributed by atoms with E-state index in [2.05, 4.69) is 10.6 Å². The van der Waals surface area contributed by atoms with Crippen LogP contribution in [-0.2, 0) is 19.2 Å². The lowest BCUT2D eigenvalue weighted by molar-refractivity contribution is -0.138. The fourth-order valence-corrected chi connectivity index (χ4v) is 2.16. The lowest BCUT2D eigenvalue weighted by Gasteiger charge is -2.11. The first-order chi connectivity index (χ1) is 10.7. The number of amides is 2. The van der Waals surface area contributed by atoms with Crippen molar-refractivity contribution in [2.75, 3.05) is 18.8 Å². The van der Waals surface area contributed by atoms with Crippen molar-refractivity contribution < 1.29 is 29.4 Å². The summed E-state index contributed by atoms with van der Waals surface area (Å²) in [6, 6.07) is -1.09. The van der Waals surface area contributed by atoms with Crippen LogP contribution in [0.15, 0.2) is 0 Å². The Morgan fingerprint density at radius 1 is 1.13 bits per heavy atom. The summed E-state index contributed by atoms with van der Waals surface area (Å²) in [5, 5.41) is 22.8. The number of nitrogens with one attached hydrogen (secondary N) is 2. The molecule has 6 N–H and O–H groups in total. The van der Waals surface area contributed by atoms with Gasteiger partial charge in [0.1, 0.15) is 12.1 Å². The van der Waals surface area contributed by atoms with Crippen LogP contribution in [-0.4, -0.2) is 64.1 Å². The molecule has 0 aliphatic rings. The molecule has 0 aliphatic carbocycles. The maximum absolute atomic E-state index is 11.6. The minimum atomic E-state index is -1.21. The van der Waals surface area contributed by atoms with Gasteiger partial charge < -0.3 is 26.6 Å². The van der Waals surface area contributed by atoms with Gasteiger partial charge in [-0.1, -0.05) is 11.8 Å². The number of carboxylic acids is 1. The zero-order chi connectivity index (χ0) is 17.8. The van der Waals surface area contributed by atoms with Gasteiger partial charge in [0.2, 0.25) is 16.9 Å². The van der Waals surface area contributed by atoms with Crippen molar-refractivity contribution in [1.82, 2.24) is 10.6 Å². The molecule has 23 heavy (non-hydrogen) atoms. The van der Waals surface area contributed by atoms with E-state index in [-0.39, 0.29) is 37.6 Å². The van der Waals surface area contributed by atoms with Gasteiger partial charge in [-0.05, 0) is 12.8 Å². The summed E-state index contributed by atoms with van der Waals surface area (Å²) in [6.45, 7) is 1.80. The largest absolute Gasteiger partial charge is 0.480 e. The molecule has 9 nitrogen and oxygen atoms in total. The van der Waals surface area contributed by atoms with Gasteiger partial charge in [-0.3, -0.25) is 19.2 Å². The van der Waals surface area contributed by atoms with E-state index in [9.17, 15) is 24.3 Å². The number of thioether (sulfide) groups is 1. The van der Waals surface area contributed by atoms with Gasteiger partial charge in [0.15, 0.2) is 0 Å². The SMILES string of the molecule is CC(=O)NCCSC(=O)[C@@H](O)CCNC(=O)CC[C@H](N)C(=O)O. The van der Waals surface area contributed by atoms with Crippen LogP contribution in [0.5, 0.6) is 0 Å². The summed E-state index contributed by atoms with van der Waals surface area (Å²) in [5.74, 6) is -1.40. The van der Waals surface area contributed by atoms with Gasteiger partial charge in [-0.2, -0.15) is 0 Å². The van der Waals surface area contributed by atoms with Gasteiger partial charge in [0.05, 0.1) is 0 Å². The Bertz CT molecular complexity index is 432. The molecule has 0 radical (unpaired) electrons. The molecule has 0 unspecified atom stereocenters. The van der Waals surface area contributed by atoms with Crippen LogP contribution in [0.4, 0.5) is 0 Å². The highest BCUT2D eigenvalue weighted by molar-refractivity contribution is 8.13. The Balaban J connectivity index is 3.77. The van der Waals surface area contributed by atoms with Gasteiger partial charge in [0, 0.05) is 32.2 Å². The number of aliphatic hydroxyl groups excluding tert-OH is 1. The minimum absolute atomic E-state index is 0.0155.